The predicted molar refractivity (Wildman–Crippen MR) is 94.6 cm³/mol. The van der Waals surface area contributed by atoms with Crippen molar-refractivity contribution in [3.63, 3.8) is 0 Å². The van der Waals surface area contributed by atoms with Gasteiger partial charge in [0.2, 0.25) is 0 Å². The number of esters is 1. The first-order chi connectivity index (χ1) is 11.7. The number of hydrogen-bond acceptors (Lipinski definition) is 4. The van der Waals surface area contributed by atoms with Crippen molar-refractivity contribution in [3.8, 4) is 5.75 Å². The maximum atomic E-state index is 11.1. The first kappa shape index (κ1) is 15.7. The molecule has 1 heterocycles. The Labute approximate surface area is 140 Å². The number of rotatable bonds is 5. The lowest BCUT2D eigenvalue weighted by Gasteiger charge is -2.05. The normalized spacial score (nSPS) is 10.9. The van der Waals surface area contributed by atoms with E-state index in [2.05, 4.69) is 15.8 Å². The summed E-state index contributed by atoms with van der Waals surface area (Å²) < 4.78 is 9.94. The first-order valence-corrected chi connectivity index (χ1v) is 7.58. The van der Waals surface area contributed by atoms with Crippen molar-refractivity contribution < 1.29 is 14.3 Å². The molecule has 0 saturated heterocycles. The van der Waals surface area contributed by atoms with E-state index >= 15 is 0 Å². The molecular weight excluding hydrogens is 302 g/mol. The number of hydrogen-bond donors (Lipinski definition) is 0. The van der Waals surface area contributed by atoms with Crippen molar-refractivity contribution in [1.82, 2.24) is 4.98 Å². The fourth-order valence-electron chi connectivity index (χ4n) is 2.27. The molecule has 1 aromatic heterocycles. The summed E-state index contributed by atoms with van der Waals surface area (Å²) in [6.45, 7) is -0.101. The first-order valence-electron chi connectivity index (χ1n) is 7.58. The van der Waals surface area contributed by atoms with Crippen molar-refractivity contribution >= 4 is 29.0 Å². The van der Waals surface area contributed by atoms with E-state index in [9.17, 15) is 4.79 Å². The fraction of sp³-hybridized carbons (Fsp3) is 0.100. The van der Waals surface area contributed by atoms with Crippen LogP contribution in [0.4, 0.5) is 0 Å². The van der Waals surface area contributed by atoms with Crippen LogP contribution in [0.3, 0.4) is 0 Å². The molecule has 4 nitrogen and oxygen atoms in total. The zero-order valence-electron chi connectivity index (χ0n) is 13.3. The summed E-state index contributed by atoms with van der Waals surface area (Å²) in [4.78, 5) is 15.7. The van der Waals surface area contributed by atoms with Gasteiger partial charge in [-0.3, -0.25) is 0 Å². The summed E-state index contributed by atoms with van der Waals surface area (Å²) in [6, 6.07) is 19.5. The van der Waals surface area contributed by atoms with Gasteiger partial charge < -0.3 is 9.47 Å². The lowest BCUT2D eigenvalue weighted by molar-refractivity contribution is -0.142. The van der Waals surface area contributed by atoms with Gasteiger partial charge in [-0.05, 0) is 35.9 Å². The Hall–Kier alpha value is -3.14. The smallest absolute Gasteiger partial charge is 0.343 e. The van der Waals surface area contributed by atoms with E-state index < -0.39 is 5.97 Å². The van der Waals surface area contributed by atoms with Crippen LogP contribution in [-0.4, -0.2) is 24.7 Å². The van der Waals surface area contributed by atoms with Gasteiger partial charge in [0.1, 0.15) is 5.75 Å². The molecule has 0 amide bonds. The Morgan fingerprint density at radius 3 is 2.79 bits per heavy atom. The van der Waals surface area contributed by atoms with Gasteiger partial charge in [0.25, 0.3) is 0 Å². The molecule has 0 bridgehead atoms. The third-order valence-corrected chi connectivity index (χ3v) is 3.51. The Morgan fingerprint density at radius 1 is 1.04 bits per heavy atom. The summed E-state index contributed by atoms with van der Waals surface area (Å²) in [7, 11) is 1.33. The minimum absolute atomic E-state index is 0.101. The van der Waals surface area contributed by atoms with Crippen molar-refractivity contribution in [2.24, 2.45) is 0 Å². The SMILES string of the molecule is COC(=O)COc1cccc(/C=C/c2ccc3ccccc3n2)c1. The molecule has 2 aromatic carbocycles. The van der Waals surface area contributed by atoms with E-state index in [0.29, 0.717) is 5.75 Å². The molecule has 0 saturated carbocycles. The van der Waals surface area contributed by atoms with Crippen LogP contribution < -0.4 is 4.74 Å². The number of pyridine rings is 1. The van der Waals surface area contributed by atoms with Crippen molar-refractivity contribution in [1.29, 1.82) is 0 Å². The van der Waals surface area contributed by atoms with Gasteiger partial charge in [0.05, 0.1) is 18.3 Å². The topological polar surface area (TPSA) is 48.4 Å². The van der Waals surface area contributed by atoms with Gasteiger partial charge in [-0.1, -0.05) is 42.5 Å². The van der Waals surface area contributed by atoms with Crippen LogP contribution in [0.5, 0.6) is 5.75 Å². The summed E-state index contributed by atoms with van der Waals surface area (Å²) in [5.41, 5.74) is 2.82. The molecule has 24 heavy (non-hydrogen) atoms. The number of carbonyl (C=O) groups excluding carboxylic acids is 1. The second kappa shape index (κ2) is 7.42. The molecule has 4 heteroatoms. The van der Waals surface area contributed by atoms with Crippen molar-refractivity contribution in [3.05, 3.63) is 71.9 Å². The molecule has 0 radical (unpaired) electrons. The van der Waals surface area contributed by atoms with Crippen LogP contribution in [0.1, 0.15) is 11.3 Å². The van der Waals surface area contributed by atoms with E-state index in [0.717, 1.165) is 22.2 Å². The highest BCUT2D eigenvalue weighted by molar-refractivity contribution is 5.80. The predicted octanol–water partition coefficient (Wildman–Crippen LogP) is 3.96. The van der Waals surface area contributed by atoms with Gasteiger partial charge in [-0.25, -0.2) is 9.78 Å². The molecule has 3 aromatic rings. The number of methoxy groups -OCH3 is 1. The molecule has 0 aliphatic carbocycles. The molecule has 0 aliphatic heterocycles. The number of ether oxygens (including phenoxy) is 2. The maximum absolute atomic E-state index is 11.1. The van der Waals surface area contributed by atoms with Crippen LogP contribution in [0.2, 0.25) is 0 Å². The highest BCUT2D eigenvalue weighted by Gasteiger charge is 2.01. The number of benzene rings is 2. The van der Waals surface area contributed by atoms with Crippen LogP contribution in [-0.2, 0) is 9.53 Å². The molecule has 0 fully saturated rings. The minimum atomic E-state index is -0.406. The zero-order valence-corrected chi connectivity index (χ0v) is 13.3. The van der Waals surface area contributed by atoms with Crippen LogP contribution in [0.25, 0.3) is 23.1 Å². The van der Waals surface area contributed by atoms with E-state index in [-0.39, 0.29) is 6.61 Å². The number of aromatic nitrogens is 1. The summed E-state index contributed by atoms with van der Waals surface area (Å²) in [5.74, 6) is 0.213. The lowest BCUT2D eigenvalue weighted by atomic mass is 10.1. The molecule has 3 rings (SSSR count). The molecule has 0 spiro atoms. The number of carbonyl (C=O) groups is 1. The average Bonchev–Trinajstić information content (AvgIpc) is 2.64. The van der Waals surface area contributed by atoms with Crippen molar-refractivity contribution in [2.45, 2.75) is 0 Å². The minimum Gasteiger partial charge on any atom is -0.482 e. The quantitative estimate of drug-likeness (QED) is 0.668. The maximum Gasteiger partial charge on any atom is 0.343 e. The summed E-state index contributed by atoms with van der Waals surface area (Å²) in [6.07, 6.45) is 3.91. The van der Waals surface area contributed by atoms with Gasteiger partial charge >= 0.3 is 5.97 Å². The Balaban J connectivity index is 1.74. The Bertz CT molecular complexity index is 887. The standard InChI is InChI=1S/C20H17NO3/c1-23-20(22)14-24-18-7-4-5-15(13-18)9-11-17-12-10-16-6-2-3-8-19(16)21-17/h2-13H,14H2,1H3/b11-9+. The van der Waals surface area contributed by atoms with Crippen LogP contribution in [0, 0.1) is 0 Å². The van der Waals surface area contributed by atoms with Gasteiger partial charge in [0.15, 0.2) is 6.61 Å². The van der Waals surface area contributed by atoms with Crippen molar-refractivity contribution in [2.75, 3.05) is 13.7 Å². The van der Waals surface area contributed by atoms with Crippen LogP contribution in [0.15, 0.2) is 60.7 Å². The van der Waals surface area contributed by atoms with Gasteiger partial charge in [-0.15, -0.1) is 0 Å². The highest BCUT2D eigenvalue weighted by Crippen LogP contribution is 2.17. The third-order valence-electron chi connectivity index (χ3n) is 3.51. The van der Waals surface area contributed by atoms with Gasteiger partial charge in [0, 0.05) is 5.39 Å². The monoisotopic (exact) mass is 319 g/mol. The number of para-hydroxylation sites is 1. The number of nitrogens with zero attached hydrogens (tertiary/aromatic N) is 1. The second-order valence-electron chi connectivity index (χ2n) is 5.20. The average molecular weight is 319 g/mol. The summed E-state index contributed by atoms with van der Waals surface area (Å²) in [5, 5.41) is 1.12. The largest absolute Gasteiger partial charge is 0.482 e. The zero-order chi connectivity index (χ0) is 16.8. The molecule has 0 N–H and O–H groups in total. The van der Waals surface area contributed by atoms with E-state index in [1.165, 1.54) is 7.11 Å². The fourth-order valence-corrected chi connectivity index (χ4v) is 2.27. The molecular formula is C20H17NO3. The van der Waals surface area contributed by atoms with E-state index in [4.69, 9.17) is 4.74 Å². The Morgan fingerprint density at radius 2 is 1.92 bits per heavy atom. The summed E-state index contributed by atoms with van der Waals surface area (Å²) >= 11 is 0. The third kappa shape index (κ3) is 3.98. The molecule has 0 atom stereocenters. The van der Waals surface area contributed by atoms with E-state index in [1.807, 2.05) is 60.7 Å². The Kier molecular flexibility index (Phi) is 4.87. The number of fused-ring (bicyclic) bond motifs is 1. The molecule has 120 valence electrons. The van der Waals surface area contributed by atoms with E-state index in [1.54, 1.807) is 6.07 Å². The van der Waals surface area contributed by atoms with Crippen LogP contribution >= 0.6 is 0 Å². The molecule has 0 aliphatic rings. The second-order valence-corrected chi connectivity index (χ2v) is 5.20. The lowest BCUT2D eigenvalue weighted by Crippen LogP contribution is -2.12. The highest BCUT2D eigenvalue weighted by atomic mass is 16.6. The molecule has 0 unspecified atom stereocenters. The van der Waals surface area contributed by atoms with Gasteiger partial charge in [-0.2, -0.15) is 0 Å².